The Hall–Kier alpha value is -2.56. The number of rotatable bonds is 7. The van der Waals surface area contributed by atoms with E-state index in [0.717, 1.165) is 17.0 Å². The molecule has 0 saturated carbocycles. The van der Waals surface area contributed by atoms with E-state index in [-0.39, 0.29) is 0 Å². The van der Waals surface area contributed by atoms with Crippen molar-refractivity contribution < 1.29 is 18.9 Å². The van der Waals surface area contributed by atoms with Crippen LogP contribution in [-0.4, -0.2) is 27.4 Å². The Morgan fingerprint density at radius 2 is 1.64 bits per heavy atom. The number of aryl methyl sites for hydroxylation is 1. The normalized spacial score (nSPS) is 10.1. The Morgan fingerprint density at radius 1 is 0.909 bits per heavy atom. The van der Waals surface area contributed by atoms with Crippen LogP contribution in [0.3, 0.4) is 0 Å². The van der Waals surface area contributed by atoms with Crippen molar-refractivity contribution in [1.82, 2.24) is 0 Å². The van der Waals surface area contributed by atoms with Gasteiger partial charge in [-0.15, -0.1) is 0 Å². The molecule has 0 aliphatic heterocycles. The molecule has 118 valence electrons. The summed E-state index contributed by atoms with van der Waals surface area (Å²) in [5.74, 6) is 2.61. The van der Waals surface area contributed by atoms with Gasteiger partial charge in [0.2, 0.25) is 5.75 Å². The first-order chi connectivity index (χ1) is 10.7. The lowest BCUT2D eigenvalue weighted by atomic mass is 10.2. The van der Waals surface area contributed by atoms with Gasteiger partial charge in [0.1, 0.15) is 19.0 Å². The molecule has 2 rings (SSSR count). The largest absolute Gasteiger partial charge is 0.493 e. The van der Waals surface area contributed by atoms with E-state index in [4.69, 9.17) is 24.7 Å². The van der Waals surface area contributed by atoms with Crippen LogP contribution < -0.4 is 24.7 Å². The van der Waals surface area contributed by atoms with Crippen LogP contribution in [0.25, 0.3) is 0 Å². The second kappa shape index (κ2) is 7.45. The van der Waals surface area contributed by atoms with Crippen LogP contribution in [0, 0.1) is 6.92 Å². The lowest BCUT2D eigenvalue weighted by molar-refractivity contribution is 0.209. The SMILES string of the molecule is COc1cccc(OCCOc2ccc(N)c(C)c2)c1OC. The van der Waals surface area contributed by atoms with Crippen LogP contribution in [0.1, 0.15) is 5.56 Å². The molecule has 0 spiro atoms. The summed E-state index contributed by atoms with van der Waals surface area (Å²) in [5.41, 5.74) is 7.52. The Bertz CT molecular complexity index is 628. The van der Waals surface area contributed by atoms with Gasteiger partial charge in [-0.2, -0.15) is 0 Å². The number of nitrogen functional groups attached to an aromatic ring is 1. The summed E-state index contributed by atoms with van der Waals surface area (Å²) in [6.07, 6.45) is 0. The first kappa shape index (κ1) is 15.8. The third-order valence-electron chi connectivity index (χ3n) is 3.22. The first-order valence-electron chi connectivity index (χ1n) is 6.98. The molecule has 22 heavy (non-hydrogen) atoms. The molecule has 0 atom stereocenters. The zero-order chi connectivity index (χ0) is 15.9. The standard InChI is InChI=1S/C17H21NO4/c1-12-11-13(7-8-14(12)18)21-9-10-22-16-6-4-5-15(19-2)17(16)20-3/h4-8,11H,9-10,18H2,1-3H3. The lowest BCUT2D eigenvalue weighted by Crippen LogP contribution is -2.10. The second-order valence-corrected chi connectivity index (χ2v) is 4.71. The van der Waals surface area contributed by atoms with Crippen LogP contribution in [0.4, 0.5) is 5.69 Å². The Balaban J connectivity index is 1.90. The molecule has 2 aromatic rings. The Kier molecular flexibility index (Phi) is 5.36. The minimum Gasteiger partial charge on any atom is -0.493 e. The number of hydrogen-bond donors (Lipinski definition) is 1. The van der Waals surface area contributed by atoms with Gasteiger partial charge >= 0.3 is 0 Å². The van der Waals surface area contributed by atoms with Crippen molar-refractivity contribution in [2.75, 3.05) is 33.2 Å². The second-order valence-electron chi connectivity index (χ2n) is 4.71. The minimum atomic E-state index is 0.396. The number of anilines is 1. The highest BCUT2D eigenvalue weighted by Crippen LogP contribution is 2.36. The van der Waals surface area contributed by atoms with Gasteiger partial charge < -0.3 is 24.7 Å². The molecular weight excluding hydrogens is 282 g/mol. The van der Waals surface area contributed by atoms with Gasteiger partial charge in [0, 0.05) is 5.69 Å². The van der Waals surface area contributed by atoms with Gasteiger partial charge in [-0.25, -0.2) is 0 Å². The molecule has 0 aliphatic carbocycles. The monoisotopic (exact) mass is 303 g/mol. The molecule has 5 heteroatoms. The number of nitrogens with two attached hydrogens (primary N) is 1. The van der Waals surface area contributed by atoms with E-state index in [1.807, 2.05) is 43.3 Å². The molecule has 2 aromatic carbocycles. The number of benzene rings is 2. The fraction of sp³-hybridized carbons (Fsp3) is 0.294. The van der Waals surface area contributed by atoms with E-state index in [0.29, 0.717) is 30.5 Å². The quantitative estimate of drug-likeness (QED) is 0.629. The van der Waals surface area contributed by atoms with Gasteiger partial charge in [-0.05, 0) is 42.8 Å². The molecule has 0 fully saturated rings. The molecule has 0 amide bonds. The van der Waals surface area contributed by atoms with Crippen LogP contribution in [0.5, 0.6) is 23.0 Å². The van der Waals surface area contributed by atoms with E-state index < -0.39 is 0 Å². The van der Waals surface area contributed by atoms with Crippen molar-refractivity contribution in [3.05, 3.63) is 42.0 Å². The summed E-state index contributed by atoms with van der Waals surface area (Å²) in [7, 11) is 3.17. The number of ether oxygens (including phenoxy) is 4. The zero-order valence-electron chi connectivity index (χ0n) is 13.1. The van der Waals surface area contributed by atoms with Crippen molar-refractivity contribution in [3.63, 3.8) is 0 Å². The molecule has 2 N–H and O–H groups in total. The summed E-state index contributed by atoms with van der Waals surface area (Å²) in [4.78, 5) is 0. The predicted molar refractivity (Wildman–Crippen MR) is 86.1 cm³/mol. The maximum absolute atomic E-state index is 5.77. The van der Waals surface area contributed by atoms with Crippen molar-refractivity contribution in [1.29, 1.82) is 0 Å². The zero-order valence-corrected chi connectivity index (χ0v) is 13.1. The number of para-hydroxylation sites is 1. The average molecular weight is 303 g/mol. The van der Waals surface area contributed by atoms with Gasteiger partial charge in [0.05, 0.1) is 14.2 Å². The molecule has 0 heterocycles. The lowest BCUT2D eigenvalue weighted by Gasteiger charge is -2.14. The van der Waals surface area contributed by atoms with Gasteiger partial charge in [0.25, 0.3) is 0 Å². The maximum atomic E-state index is 5.77. The van der Waals surface area contributed by atoms with Crippen LogP contribution in [0.15, 0.2) is 36.4 Å². The highest BCUT2D eigenvalue weighted by molar-refractivity contribution is 5.51. The highest BCUT2D eigenvalue weighted by Gasteiger charge is 2.10. The maximum Gasteiger partial charge on any atom is 0.203 e. The third-order valence-corrected chi connectivity index (χ3v) is 3.22. The molecule has 0 aliphatic rings. The summed E-state index contributed by atoms with van der Waals surface area (Å²) in [5, 5.41) is 0. The van der Waals surface area contributed by atoms with Crippen molar-refractivity contribution >= 4 is 5.69 Å². The topological polar surface area (TPSA) is 62.9 Å². The molecule has 0 unspecified atom stereocenters. The fourth-order valence-corrected chi connectivity index (χ4v) is 2.02. The Labute approximate surface area is 130 Å². The number of methoxy groups -OCH3 is 2. The van der Waals surface area contributed by atoms with E-state index in [2.05, 4.69) is 0 Å². The Morgan fingerprint density at radius 3 is 2.32 bits per heavy atom. The van der Waals surface area contributed by atoms with Crippen molar-refractivity contribution in [2.45, 2.75) is 6.92 Å². The molecule has 0 saturated heterocycles. The van der Waals surface area contributed by atoms with Crippen molar-refractivity contribution in [2.24, 2.45) is 0 Å². The van der Waals surface area contributed by atoms with E-state index in [1.165, 1.54) is 0 Å². The van der Waals surface area contributed by atoms with Crippen LogP contribution >= 0.6 is 0 Å². The summed E-state index contributed by atoms with van der Waals surface area (Å²) >= 11 is 0. The summed E-state index contributed by atoms with van der Waals surface area (Å²) in [6.45, 7) is 2.76. The summed E-state index contributed by atoms with van der Waals surface area (Å²) < 4.78 is 21.9. The van der Waals surface area contributed by atoms with E-state index >= 15 is 0 Å². The predicted octanol–water partition coefficient (Wildman–Crippen LogP) is 3.05. The van der Waals surface area contributed by atoms with Crippen LogP contribution in [-0.2, 0) is 0 Å². The fourth-order valence-electron chi connectivity index (χ4n) is 2.02. The first-order valence-corrected chi connectivity index (χ1v) is 6.98. The van der Waals surface area contributed by atoms with Gasteiger partial charge in [0.15, 0.2) is 11.5 Å². The van der Waals surface area contributed by atoms with Crippen LogP contribution in [0.2, 0.25) is 0 Å². The highest BCUT2D eigenvalue weighted by atomic mass is 16.5. The summed E-state index contributed by atoms with van der Waals surface area (Å²) in [6, 6.07) is 11.1. The number of hydrogen-bond acceptors (Lipinski definition) is 5. The van der Waals surface area contributed by atoms with Crippen molar-refractivity contribution in [3.8, 4) is 23.0 Å². The molecule has 5 nitrogen and oxygen atoms in total. The van der Waals surface area contributed by atoms with E-state index in [1.54, 1.807) is 14.2 Å². The van der Waals surface area contributed by atoms with Gasteiger partial charge in [-0.1, -0.05) is 6.07 Å². The molecular formula is C17H21NO4. The third kappa shape index (κ3) is 3.75. The minimum absolute atomic E-state index is 0.396. The smallest absolute Gasteiger partial charge is 0.203 e. The van der Waals surface area contributed by atoms with Gasteiger partial charge in [-0.3, -0.25) is 0 Å². The molecule has 0 radical (unpaired) electrons. The molecule has 0 aromatic heterocycles. The van der Waals surface area contributed by atoms with E-state index in [9.17, 15) is 0 Å². The molecule has 0 bridgehead atoms. The average Bonchev–Trinajstić information content (AvgIpc) is 2.54.